The Morgan fingerprint density at radius 3 is 2.41 bits per heavy atom. The van der Waals surface area contributed by atoms with Crippen LogP contribution in [0, 0.1) is 11.3 Å². The molecule has 2 aliphatic carbocycles. The van der Waals surface area contributed by atoms with Crippen LogP contribution < -0.4 is 25.8 Å². The van der Waals surface area contributed by atoms with Crippen molar-refractivity contribution in [2.24, 2.45) is 17.1 Å². The molecule has 0 aromatic heterocycles. The molecule has 2 heterocycles. The number of nitrogens with two attached hydrogens (primary N) is 1. The molecule has 63 heavy (non-hydrogen) atoms. The van der Waals surface area contributed by atoms with Crippen molar-refractivity contribution in [3.63, 3.8) is 0 Å². The summed E-state index contributed by atoms with van der Waals surface area (Å²) in [6, 6.07) is 29.3. The van der Waals surface area contributed by atoms with E-state index in [0.717, 1.165) is 86.5 Å². The molecule has 1 spiro atoms. The van der Waals surface area contributed by atoms with Gasteiger partial charge in [-0.3, -0.25) is 9.69 Å². The van der Waals surface area contributed by atoms with Crippen LogP contribution in [0.25, 0.3) is 10.8 Å². The van der Waals surface area contributed by atoms with Crippen molar-refractivity contribution in [1.82, 2.24) is 25.3 Å². The fourth-order valence-electron chi connectivity index (χ4n) is 10.9. The Morgan fingerprint density at radius 1 is 0.857 bits per heavy atom. The Kier molecular flexibility index (Phi) is 14.9. The van der Waals surface area contributed by atoms with Crippen molar-refractivity contribution in [1.29, 1.82) is 0 Å². The summed E-state index contributed by atoms with van der Waals surface area (Å²) in [5.74, 6) is 3.90. The van der Waals surface area contributed by atoms with Gasteiger partial charge in [-0.05, 0) is 85.0 Å². The molecule has 4 aliphatic rings. The molecule has 8 rings (SSSR count). The van der Waals surface area contributed by atoms with Gasteiger partial charge in [0.15, 0.2) is 0 Å². The van der Waals surface area contributed by atoms with Crippen molar-refractivity contribution in [3.8, 4) is 11.5 Å². The smallest absolute Gasteiger partial charge is 0.415 e. The first-order valence-electron chi connectivity index (χ1n) is 23.4. The number of likely N-dealkylation sites (tertiary alicyclic amines) is 1. The van der Waals surface area contributed by atoms with E-state index >= 15 is 4.79 Å². The molecule has 4 aromatic carbocycles. The fourth-order valence-corrected chi connectivity index (χ4v) is 10.9. The summed E-state index contributed by atoms with van der Waals surface area (Å²) >= 11 is 0. The predicted octanol–water partition coefficient (Wildman–Crippen LogP) is 7.63. The van der Waals surface area contributed by atoms with Gasteiger partial charge in [0.2, 0.25) is 5.91 Å². The number of ether oxygens (including phenoxy) is 2. The number of nitrogens with one attached hydrogen (secondary N) is 2. The number of methoxy groups -OCH3 is 1. The Bertz CT molecular complexity index is 2210. The third-order valence-corrected chi connectivity index (χ3v) is 14.5. The first-order valence-corrected chi connectivity index (χ1v) is 23.4. The van der Waals surface area contributed by atoms with Crippen LogP contribution in [-0.2, 0) is 29.2 Å². The minimum atomic E-state index is -0.676. The Morgan fingerprint density at radius 2 is 1.63 bits per heavy atom. The molecule has 334 valence electrons. The minimum absolute atomic E-state index is 0.0118. The predicted molar refractivity (Wildman–Crippen MR) is 248 cm³/mol. The summed E-state index contributed by atoms with van der Waals surface area (Å²) in [5, 5.41) is 9.19. The van der Waals surface area contributed by atoms with Crippen molar-refractivity contribution in [3.05, 3.63) is 113 Å². The molecule has 4 N–H and O–H groups in total. The number of piperazine rings is 1. The van der Waals surface area contributed by atoms with E-state index in [1.807, 2.05) is 59.5 Å². The molecule has 0 bridgehead atoms. The second-order valence-corrected chi connectivity index (χ2v) is 18.6. The van der Waals surface area contributed by atoms with E-state index in [4.69, 9.17) is 15.2 Å². The average Bonchev–Trinajstić information content (AvgIpc) is 3.72. The van der Waals surface area contributed by atoms with Gasteiger partial charge in [0.05, 0.1) is 24.8 Å². The third kappa shape index (κ3) is 11.0. The Hall–Kier alpha value is -5.03. The Balaban J connectivity index is 0.985. The average molecular weight is 855 g/mol. The molecule has 4 aromatic rings. The van der Waals surface area contributed by atoms with Gasteiger partial charge in [-0.2, -0.15) is 0 Å². The molecule has 11 heteroatoms. The number of hydrogen-bond acceptors (Lipinski definition) is 9. The minimum Gasteiger partial charge on any atom is -0.496 e. The maximum atomic E-state index is 15.2. The maximum Gasteiger partial charge on any atom is 0.415 e. The summed E-state index contributed by atoms with van der Waals surface area (Å²) in [5.41, 5.74) is 9.90. The number of fused-ring (bicyclic) bond motifs is 1. The van der Waals surface area contributed by atoms with Crippen LogP contribution in [0.1, 0.15) is 87.3 Å². The topological polar surface area (TPSA) is 129 Å². The lowest BCUT2D eigenvalue weighted by atomic mass is 9.71. The van der Waals surface area contributed by atoms with Gasteiger partial charge in [0, 0.05) is 69.3 Å². The van der Waals surface area contributed by atoms with Crippen LogP contribution in [0.4, 0.5) is 4.79 Å². The summed E-state index contributed by atoms with van der Waals surface area (Å²) in [7, 11) is 1.63. The maximum absolute atomic E-state index is 15.2. The quantitative estimate of drug-likeness (QED) is 0.103. The van der Waals surface area contributed by atoms with E-state index in [9.17, 15) is 9.59 Å². The number of benzene rings is 4. The third-order valence-electron chi connectivity index (χ3n) is 14.5. The Labute approximate surface area is 373 Å². The first kappa shape index (κ1) is 44.6. The second kappa shape index (κ2) is 21.1. The number of carbonyl (C=O) groups is 2. The van der Waals surface area contributed by atoms with Gasteiger partial charge in [0.1, 0.15) is 17.4 Å². The lowest BCUT2D eigenvalue weighted by Gasteiger charge is -2.44. The number of nitrogens with zero attached hydrogens (tertiary/aromatic N) is 3. The molecule has 1 unspecified atom stereocenters. The highest BCUT2D eigenvalue weighted by molar-refractivity contribution is 5.90. The normalized spacial score (nSPS) is 22.5. The van der Waals surface area contributed by atoms with Crippen molar-refractivity contribution in [2.75, 3.05) is 46.4 Å². The van der Waals surface area contributed by atoms with E-state index < -0.39 is 12.1 Å². The zero-order valence-electron chi connectivity index (χ0n) is 37.1. The number of rotatable bonds is 15. The van der Waals surface area contributed by atoms with E-state index in [0.29, 0.717) is 48.0 Å². The van der Waals surface area contributed by atoms with E-state index in [1.54, 1.807) is 18.1 Å². The highest BCUT2D eigenvalue weighted by Crippen LogP contribution is 2.44. The summed E-state index contributed by atoms with van der Waals surface area (Å²) < 4.78 is 11.6. The van der Waals surface area contributed by atoms with Gasteiger partial charge in [0.25, 0.3) is 0 Å². The van der Waals surface area contributed by atoms with E-state index in [-0.39, 0.29) is 37.6 Å². The molecular formula is C52H66N6O5. The second-order valence-electron chi connectivity index (χ2n) is 18.6. The molecule has 2 aliphatic heterocycles. The van der Waals surface area contributed by atoms with Gasteiger partial charge in [-0.15, -0.1) is 0 Å². The van der Waals surface area contributed by atoms with Gasteiger partial charge in [-0.25, -0.2) is 9.59 Å². The largest absolute Gasteiger partial charge is 0.496 e. The van der Waals surface area contributed by atoms with Crippen molar-refractivity contribution >= 4 is 28.7 Å². The molecule has 11 nitrogen and oxygen atoms in total. The standard InChI is InChI=1S/C52H66N6O5/c1-62-49-30-40(19-20-42(49)31-53)32-54-33-43(36-59)47-35-57(51(61)63-48-18-10-16-41-15-8-9-17-45(41)48)27-28-58(47)50(60)46(29-38-11-4-2-5-12-38)55-44-21-23-52(24-22-44)25-26-56(37-52)34-39-13-6-3-7-14-39/h3,6-10,13-20,30,38,44,46-47,54-55H,2,4-5,11-12,21-29,31-35,37,53H2,1H3/t44?,46-,47?,52?/m1/s1. The number of carbonyl (C=O) groups excluding carboxylic acids is 3. The number of amides is 2. The highest BCUT2D eigenvalue weighted by atomic mass is 16.6. The molecular weight excluding hydrogens is 789 g/mol. The lowest BCUT2D eigenvalue weighted by molar-refractivity contribution is -0.138. The molecule has 4 fully saturated rings. The molecule has 2 saturated carbocycles. The van der Waals surface area contributed by atoms with Crippen molar-refractivity contribution in [2.45, 2.75) is 108 Å². The van der Waals surface area contributed by atoms with Crippen molar-refractivity contribution < 1.29 is 23.9 Å². The molecule has 2 amide bonds. The molecule has 2 atom stereocenters. The summed E-state index contributed by atoms with van der Waals surface area (Å²) in [6.45, 7) is 4.99. The van der Waals surface area contributed by atoms with E-state index in [2.05, 4.69) is 51.8 Å². The summed E-state index contributed by atoms with van der Waals surface area (Å²) in [6.07, 6.45) is 11.8. The lowest BCUT2D eigenvalue weighted by Crippen LogP contribution is -2.62. The zero-order chi connectivity index (χ0) is 43.6. The number of hydrogen-bond donors (Lipinski definition) is 3. The fraction of sp³-hybridized carbons (Fsp3) is 0.500. The van der Waals surface area contributed by atoms with E-state index in [1.165, 1.54) is 31.2 Å². The van der Waals surface area contributed by atoms with Crippen LogP contribution in [-0.4, -0.2) is 97.1 Å². The van der Waals surface area contributed by atoms with Crippen LogP contribution in [0.15, 0.2) is 96.6 Å². The van der Waals surface area contributed by atoms with Gasteiger partial charge >= 0.3 is 6.09 Å². The zero-order valence-corrected chi connectivity index (χ0v) is 37.1. The van der Waals surface area contributed by atoms with Crippen LogP contribution in [0.3, 0.4) is 0 Å². The van der Waals surface area contributed by atoms with Gasteiger partial charge < -0.3 is 35.6 Å². The van der Waals surface area contributed by atoms with Crippen LogP contribution >= 0.6 is 0 Å². The molecule has 2 saturated heterocycles. The summed E-state index contributed by atoms with van der Waals surface area (Å²) in [4.78, 5) is 48.4. The molecule has 0 radical (unpaired) electrons. The first-order chi connectivity index (χ1) is 30.8. The SMILES string of the molecule is COc1cc(CNCC(=C=O)C2CN(C(=O)Oc3cccc4ccccc34)CCN2C(=O)[C@@H](CC2CCCCC2)NC2CCC3(CC2)CCN(Cc2ccccc2)C3)ccc1CN. The van der Waals surface area contributed by atoms with Gasteiger partial charge in [-0.1, -0.05) is 111 Å². The monoisotopic (exact) mass is 855 g/mol. The van der Waals surface area contributed by atoms with Crippen LogP contribution in [0.5, 0.6) is 11.5 Å². The van der Waals surface area contributed by atoms with Crippen LogP contribution in [0.2, 0.25) is 0 Å². The highest BCUT2D eigenvalue weighted by Gasteiger charge is 2.43.